The summed E-state index contributed by atoms with van der Waals surface area (Å²) in [5, 5.41) is 3.27. The fraction of sp³-hybridized carbons (Fsp3) is 0.333. The first kappa shape index (κ1) is 33.9. The molecule has 8 heteroatoms. The normalized spacial score (nSPS) is 14.3. The molecule has 0 aliphatic heterocycles. The predicted octanol–water partition coefficient (Wildman–Crippen LogP) is 6.90. The lowest BCUT2D eigenvalue weighted by Crippen LogP contribution is -2.55. The molecule has 1 unspecified atom stereocenters. The standard InChI is InChI=1S/C39H45N3O4S/c1-29-23-24-36(31(3)25-29)42(47(45,46)35-21-11-6-12-22-35)28-38(43)41(27-33-18-14-13-15-30(33)2)37(26-32-16-7-4-8-17-32)39(44)40-34-19-9-5-10-20-34/h4,6-8,11-18,21-25,34,37H,5,9-10,19-20,26-28H2,1-3H3,(H,40,44). The minimum Gasteiger partial charge on any atom is -0.352 e. The number of nitrogens with zero attached hydrogens (tertiary/aromatic N) is 2. The van der Waals surface area contributed by atoms with E-state index in [9.17, 15) is 18.0 Å². The fourth-order valence-corrected chi connectivity index (χ4v) is 7.89. The summed E-state index contributed by atoms with van der Waals surface area (Å²) in [5.41, 5.74) is 4.95. The van der Waals surface area contributed by atoms with Gasteiger partial charge in [0, 0.05) is 19.0 Å². The second-order valence-corrected chi connectivity index (χ2v) is 14.5. The first-order chi connectivity index (χ1) is 22.6. The van der Waals surface area contributed by atoms with Crippen molar-refractivity contribution in [2.75, 3.05) is 10.8 Å². The number of anilines is 1. The third kappa shape index (κ3) is 8.49. The number of hydrogen-bond donors (Lipinski definition) is 1. The highest BCUT2D eigenvalue weighted by Crippen LogP contribution is 2.29. The summed E-state index contributed by atoms with van der Waals surface area (Å²) in [6.07, 6.45) is 5.38. The van der Waals surface area contributed by atoms with Crippen LogP contribution in [-0.4, -0.2) is 43.8 Å². The summed E-state index contributed by atoms with van der Waals surface area (Å²) in [4.78, 5) is 30.7. The molecular weight excluding hydrogens is 607 g/mol. The molecule has 1 fully saturated rings. The molecule has 0 radical (unpaired) electrons. The highest BCUT2D eigenvalue weighted by Gasteiger charge is 2.36. The summed E-state index contributed by atoms with van der Waals surface area (Å²) in [7, 11) is -4.14. The smallest absolute Gasteiger partial charge is 0.264 e. The molecule has 0 bridgehead atoms. The van der Waals surface area contributed by atoms with Crippen molar-refractivity contribution in [1.82, 2.24) is 10.2 Å². The highest BCUT2D eigenvalue weighted by molar-refractivity contribution is 7.92. The van der Waals surface area contributed by atoms with Crippen LogP contribution in [0.2, 0.25) is 0 Å². The van der Waals surface area contributed by atoms with Crippen LogP contribution < -0.4 is 9.62 Å². The van der Waals surface area contributed by atoms with Crippen molar-refractivity contribution in [3.63, 3.8) is 0 Å². The Hall–Kier alpha value is -4.43. The third-order valence-corrected chi connectivity index (χ3v) is 10.8. The van der Waals surface area contributed by atoms with Crippen LogP contribution in [0.1, 0.15) is 59.9 Å². The van der Waals surface area contributed by atoms with Crippen LogP contribution in [0.15, 0.2) is 108 Å². The second kappa shape index (κ2) is 15.4. The van der Waals surface area contributed by atoms with Gasteiger partial charge in [-0.1, -0.05) is 110 Å². The predicted molar refractivity (Wildman–Crippen MR) is 188 cm³/mol. The van der Waals surface area contributed by atoms with E-state index < -0.39 is 28.5 Å². The minimum atomic E-state index is -4.14. The van der Waals surface area contributed by atoms with Crippen molar-refractivity contribution in [3.05, 3.63) is 131 Å². The van der Waals surface area contributed by atoms with Gasteiger partial charge in [0.05, 0.1) is 10.6 Å². The number of amides is 2. The van der Waals surface area contributed by atoms with Gasteiger partial charge in [-0.15, -0.1) is 0 Å². The molecule has 0 heterocycles. The van der Waals surface area contributed by atoms with E-state index in [1.54, 1.807) is 29.2 Å². The maximum absolute atomic E-state index is 14.8. The Morgan fingerprint density at radius 1 is 0.787 bits per heavy atom. The van der Waals surface area contributed by atoms with Crippen LogP contribution in [0.3, 0.4) is 0 Å². The van der Waals surface area contributed by atoms with Crippen molar-refractivity contribution in [2.24, 2.45) is 0 Å². The van der Waals surface area contributed by atoms with Crippen LogP contribution in [0.4, 0.5) is 5.69 Å². The van der Waals surface area contributed by atoms with Crippen LogP contribution >= 0.6 is 0 Å². The number of carbonyl (C=O) groups is 2. The SMILES string of the molecule is Cc1ccc(N(CC(=O)N(Cc2ccccc2C)C(Cc2ccccc2)C(=O)NC2CCCCC2)S(=O)(=O)c2ccccc2)c(C)c1. The average Bonchev–Trinajstić information content (AvgIpc) is 3.07. The lowest BCUT2D eigenvalue weighted by molar-refractivity contribution is -0.140. The van der Waals surface area contributed by atoms with Gasteiger partial charge < -0.3 is 10.2 Å². The van der Waals surface area contributed by atoms with E-state index in [0.29, 0.717) is 12.1 Å². The molecule has 47 heavy (non-hydrogen) atoms. The molecule has 5 rings (SSSR count). The number of hydrogen-bond acceptors (Lipinski definition) is 4. The summed E-state index contributed by atoms with van der Waals surface area (Å²) < 4.78 is 29.7. The van der Waals surface area contributed by atoms with Crippen LogP contribution in [0.25, 0.3) is 0 Å². The van der Waals surface area contributed by atoms with Gasteiger partial charge in [0.1, 0.15) is 12.6 Å². The van der Waals surface area contributed by atoms with Crippen LogP contribution in [-0.2, 0) is 32.6 Å². The minimum absolute atomic E-state index is 0.0510. The van der Waals surface area contributed by atoms with Gasteiger partial charge in [-0.3, -0.25) is 13.9 Å². The topological polar surface area (TPSA) is 86.8 Å². The molecule has 1 aliphatic carbocycles. The Morgan fingerprint density at radius 3 is 2.09 bits per heavy atom. The average molecular weight is 652 g/mol. The van der Waals surface area contributed by atoms with Gasteiger partial charge in [0.25, 0.3) is 10.0 Å². The molecule has 7 nitrogen and oxygen atoms in total. The number of nitrogens with one attached hydrogen (secondary N) is 1. The molecule has 0 saturated heterocycles. The quantitative estimate of drug-likeness (QED) is 0.181. The lowest BCUT2D eigenvalue weighted by atomic mass is 9.94. The molecule has 246 valence electrons. The first-order valence-electron chi connectivity index (χ1n) is 16.5. The number of sulfonamides is 1. The zero-order valence-corrected chi connectivity index (χ0v) is 28.4. The Balaban J connectivity index is 1.58. The van der Waals surface area contributed by atoms with Gasteiger partial charge in [0.15, 0.2) is 0 Å². The maximum Gasteiger partial charge on any atom is 0.264 e. The van der Waals surface area contributed by atoms with E-state index in [4.69, 9.17) is 0 Å². The van der Waals surface area contributed by atoms with Gasteiger partial charge in [0.2, 0.25) is 11.8 Å². The van der Waals surface area contributed by atoms with E-state index in [2.05, 4.69) is 5.32 Å². The number of rotatable bonds is 12. The van der Waals surface area contributed by atoms with E-state index >= 15 is 0 Å². The maximum atomic E-state index is 14.8. The fourth-order valence-electron chi connectivity index (χ4n) is 6.39. The molecule has 1 N–H and O–H groups in total. The van der Waals surface area contributed by atoms with E-state index in [1.807, 2.05) is 87.5 Å². The Kier molecular flexibility index (Phi) is 11.1. The van der Waals surface area contributed by atoms with Crippen molar-refractivity contribution >= 4 is 27.5 Å². The Bertz CT molecular complexity index is 1770. The van der Waals surface area contributed by atoms with Gasteiger partial charge in [-0.05, 0) is 74.1 Å². The van der Waals surface area contributed by atoms with Crippen molar-refractivity contribution < 1.29 is 18.0 Å². The zero-order chi connectivity index (χ0) is 33.4. The van der Waals surface area contributed by atoms with Crippen LogP contribution in [0, 0.1) is 20.8 Å². The van der Waals surface area contributed by atoms with Gasteiger partial charge in [-0.2, -0.15) is 0 Å². The second-order valence-electron chi connectivity index (χ2n) is 12.6. The number of benzene rings is 4. The van der Waals surface area contributed by atoms with Gasteiger partial charge >= 0.3 is 0 Å². The van der Waals surface area contributed by atoms with E-state index in [-0.39, 0.29) is 23.4 Å². The van der Waals surface area contributed by atoms with Crippen molar-refractivity contribution in [1.29, 1.82) is 0 Å². The number of aryl methyl sites for hydroxylation is 3. The molecule has 1 aliphatic rings. The molecule has 4 aromatic carbocycles. The van der Waals surface area contributed by atoms with E-state index in [0.717, 1.165) is 59.9 Å². The molecular formula is C39H45N3O4S. The monoisotopic (exact) mass is 651 g/mol. The molecule has 1 atom stereocenters. The Morgan fingerprint density at radius 2 is 1.43 bits per heavy atom. The Labute approximate surface area is 279 Å². The van der Waals surface area contributed by atoms with Crippen molar-refractivity contribution in [3.8, 4) is 0 Å². The highest BCUT2D eigenvalue weighted by atomic mass is 32.2. The van der Waals surface area contributed by atoms with E-state index in [1.165, 1.54) is 16.4 Å². The largest absolute Gasteiger partial charge is 0.352 e. The first-order valence-corrected chi connectivity index (χ1v) is 17.9. The molecule has 1 saturated carbocycles. The summed E-state index contributed by atoms with van der Waals surface area (Å²) in [5.74, 6) is -0.667. The molecule has 0 spiro atoms. The zero-order valence-electron chi connectivity index (χ0n) is 27.6. The molecule has 2 amide bonds. The van der Waals surface area contributed by atoms with Crippen molar-refractivity contribution in [2.45, 2.75) is 82.8 Å². The summed E-state index contributed by atoms with van der Waals surface area (Å²) in [6, 6.07) is 30.4. The third-order valence-electron chi connectivity index (χ3n) is 9.06. The summed E-state index contributed by atoms with van der Waals surface area (Å²) in [6.45, 7) is 5.47. The molecule has 4 aromatic rings. The molecule has 0 aromatic heterocycles. The van der Waals surface area contributed by atoms with Gasteiger partial charge in [-0.25, -0.2) is 8.42 Å². The summed E-state index contributed by atoms with van der Waals surface area (Å²) >= 11 is 0. The number of carbonyl (C=O) groups excluding carboxylic acids is 2. The van der Waals surface area contributed by atoms with Crippen LogP contribution in [0.5, 0.6) is 0 Å². The lowest BCUT2D eigenvalue weighted by Gasteiger charge is -2.35.